The molecule has 1 saturated heterocycles. The monoisotopic (exact) mass is 275 g/mol. The van der Waals surface area contributed by atoms with Gasteiger partial charge in [-0.3, -0.25) is 0 Å². The van der Waals surface area contributed by atoms with E-state index in [9.17, 15) is 15.0 Å². The van der Waals surface area contributed by atoms with Crippen molar-refractivity contribution in [2.75, 3.05) is 13.1 Å². The van der Waals surface area contributed by atoms with E-state index in [4.69, 9.17) is 4.42 Å². The predicted molar refractivity (Wildman–Crippen MR) is 70.2 cm³/mol. The normalized spacial score (nSPS) is 23.1. The number of aliphatic hydroxyl groups excluding tert-OH is 1. The molecule has 0 spiro atoms. The first-order valence-corrected chi connectivity index (χ1v) is 6.88. The highest BCUT2D eigenvalue weighted by molar-refractivity contribution is 5.93. The number of nitrogens with one attached hydrogen (secondary N) is 1. The summed E-state index contributed by atoms with van der Waals surface area (Å²) in [4.78, 5) is 12.5. The summed E-state index contributed by atoms with van der Waals surface area (Å²) in [6.45, 7) is 2.27. The third-order valence-corrected chi connectivity index (χ3v) is 3.97. The fraction of sp³-hybridized carbons (Fsp3) is 0.400. The Bertz CT molecular complexity index is 626. The van der Waals surface area contributed by atoms with Gasteiger partial charge in [0.15, 0.2) is 5.76 Å². The molecule has 1 fully saturated rings. The molecule has 106 valence electrons. The molecule has 1 aliphatic rings. The van der Waals surface area contributed by atoms with E-state index < -0.39 is 5.97 Å². The van der Waals surface area contributed by atoms with Crippen LogP contribution >= 0.6 is 0 Å². The van der Waals surface area contributed by atoms with Crippen molar-refractivity contribution >= 4 is 16.9 Å². The van der Waals surface area contributed by atoms with Crippen molar-refractivity contribution in [1.29, 1.82) is 0 Å². The molecule has 2 N–H and O–H groups in total. The molecule has 0 amide bonds. The van der Waals surface area contributed by atoms with E-state index in [0.29, 0.717) is 17.7 Å². The lowest BCUT2D eigenvalue weighted by Crippen LogP contribution is -3.12. The maximum atomic E-state index is 11.2. The van der Waals surface area contributed by atoms with Gasteiger partial charge in [0, 0.05) is 18.2 Å². The predicted octanol–water partition coefficient (Wildman–Crippen LogP) is -0.664. The van der Waals surface area contributed by atoms with Gasteiger partial charge in [0.2, 0.25) is 0 Å². The van der Waals surface area contributed by atoms with E-state index in [1.54, 1.807) is 6.07 Å². The topological polar surface area (TPSA) is 77.9 Å². The van der Waals surface area contributed by atoms with Crippen molar-refractivity contribution in [2.45, 2.75) is 25.5 Å². The number of carboxylic acid groups (broad SMARTS) is 1. The Labute approximate surface area is 116 Å². The summed E-state index contributed by atoms with van der Waals surface area (Å²) in [7, 11) is 0. The molecule has 0 radical (unpaired) electrons. The third kappa shape index (κ3) is 2.42. The van der Waals surface area contributed by atoms with E-state index in [1.165, 1.54) is 4.90 Å². The average Bonchev–Trinajstić information content (AvgIpc) is 2.81. The Hall–Kier alpha value is -1.85. The number of carboxylic acids is 1. The molecule has 1 aliphatic heterocycles. The van der Waals surface area contributed by atoms with Crippen molar-refractivity contribution in [3.8, 4) is 0 Å². The number of aromatic carboxylic acids is 1. The first kappa shape index (κ1) is 13.1. The number of fused-ring (bicyclic) bond motifs is 1. The van der Waals surface area contributed by atoms with Crippen molar-refractivity contribution in [1.82, 2.24) is 0 Å². The number of hydrogen-bond donors (Lipinski definition) is 2. The van der Waals surface area contributed by atoms with E-state index in [-0.39, 0.29) is 11.9 Å². The molecule has 2 aromatic rings. The Balaban J connectivity index is 1.93. The van der Waals surface area contributed by atoms with Crippen LogP contribution in [0.25, 0.3) is 11.0 Å². The highest BCUT2D eigenvalue weighted by Crippen LogP contribution is 2.25. The summed E-state index contributed by atoms with van der Waals surface area (Å²) in [5.74, 6) is -1.34. The number of para-hydroxylation sites is 1. The van der Waals surface area contributed by atoms with Crippen LogP contribution in [0.5, 0.6) is 0 Å². The number of furan rings is 1. The molecule has 0 unspecified atom stereocenters. The van der Waals surface area contributed by atoms with Gasteiger partial charge in [0.1, 0.15) is 18.1 Å². The van der Waals surface area contributed by atoms with Crippen LogP contribution in [0.1, 0.15) is 29.0 Å². The van der Waals surface area contributed by atoms with Crippen LogP contribution in [0.3, 0.4) is 0 Å². The second-order valence-corrected chi connectivity index (χ2v) is 5.35. The van der Waals surface area contributed by atoms with Crippen molar-refractivity contribution < 1.29 is 24.3 Å². The van der Waals surface area contributed by atoms with Crippen LogP contribution < -0.4 is 10.0 Å². The minimum absolute atomic E-state index is 0.0650. The molecule has 3 rings (SSSR count). The van der Waals surface area contributed by atoms with Gasteiger partial charge in [0.05, 0.1) is 24.8 Å². The summed E-state index contributed by atoms with van der Waals surface area (Å²) in [5.41, 5.74) is 1.28. The Kier molecular flexibility index (Phi) is 3.46. The number of carbonyl (C=O) groups excluding carboxylic acids is 1. The molecule has 20 heavy (non-hydrogen) atoms. The van der Waals surface area contributed by atoms with E-state index in [1.807, 2.05) is 18.2 Å². The van der Waals surface area contributed by atoms with Crippen LogP contribution in [0, 0.1) is 0 Å². The molecule has 2 heterocycles. The van der Waals surface area contributed by atoms with Crippen molar-refractivity contribution in [2.24, 2.45) is 0 Å². The second-order valence-electron chi connectivity index (χ2n) is 5.35. The number of likely N-dealkylation sites (tertiary alicyclic amines) is 1. The van der Waals surface area contributed by atoms with E-state index >= 15 is 0 Å². The highest BCUT2D eigenvalue weighted by atomic mass is 16.4. The van der Waals surface area contributed by atoms with Crippen molar-refractivity contribution in [3.05, 3.63) is 35.6 Å². The molecule has 0 atom stereocenters. The van der Waals surface area contributed by atoms with Gasteiger partial charge >= 0.3 is 0 Å². The first-order chi connectivity index (χ1) is 9.65. The van der Waals surface area contributed by atoms with Crippen LogP contribution in [-0.4, -0.2) is 30.3 Å². The molecule has 0 saturated carbocycles. The van der Waals surface area contributed by atoms with Crippen LogP contribution in [0.15, 0.2) is 28.7 Å². The average molecular weight is 275 g/mol. The zero-order valence-electron chi connectivity index (χ0n) is 11.1. The smallest absolute Gasteiger partial charge is 0.159 e. The Morgan fingerprint density at radius 2 is 2.05 bits per heavy atom. The van der Waals surface area contributed by atoms with Gasteiger partial charge in [-0.2, -0.15) is 0 Å². The van der Waals surface area contributed by atoms with Gasteiger partial charge in [-0.15, -0.1) is 0 Å². The van der Waals surface area contributed by atoms with Gasteiger partial charge in [-0.25, -0.2) is 0 Å². The summed E-state index contributed by atoms with van der Waals surface area (Å²) in [6.07, 6.45) is 1.29. The maximum absolute atomic E-state index is 11.2. The Morgan fingerprint density at radius 1 is 1.35 bits per heavy atom. The molecule has 0 bridgehead atoms. The SMILES string of the molecule is O=C([O-])c1oc2ccccc2c1C[NH+]1CCC(O)CC1. The molecule has 5 nitrogen and oxygen atoms in total. The van der Waals surface area contributed by atoms with Gasteiger partial charge in [0.25, 0.3) is 0 Å². The zero-order valence-corrected chi connectivity index (χ0v) is 11.1. The van der Waals surface area contributed by atoms with Gasteiger partial charge in [-0.1, -0.05) is 18.2 Å². The minimum atomic E-state index is -1.27. The number of rotatable bonds is 3. The summed E-state index contributed by atoms with van der Waals surface area (Å²) in [6, 6.07) is 7.33. The largest absolute Gasteiger partial charge is 0.542 e. The number of benzene rings is 1. The van der Waals surface area contributed by atoms with Crippen LogP contribution in [0.2, 0.25) is 0 Å². The fourth-order valence-corrected chi connectivity index (χ4v) is 2.88. The second kappa shape index (κ2) is 5.26. The van der Waals surface area contributed by atoms with Crippen molar-refractivity contribution in [3.63, 3.8) is 0 Å². The lowest BCUT2D eigenvalue weighted by Gasteiger charge is -2.26. The quantitative estimate of drug-likeness (QED) is 0.779. The number of piperidine rings is 1. The molecular weight excluding hydrogens is 258 g/mol. The maximum Gasteiger partial charge on any atom is 0.159 e. The number of aliphatic hydroxyl groups is 1. The minimum Gasteiger partial charge on any atom is -0.542 e. The van der Waals surface area contributed by atoms with E-state index in [0.717, 1.165) is 31.3 Å². The highest BCUT2D eigenvalue weighted by Gasteiger charge is 2.24. The molecule has 0 aliphatic carbocycles. The molecule has 5 heteroatoms. The number of hydrogen-bond acceptors (Lipinski definition) is 4. The third-order valence-electron chi connectivity index (χ3n) is 3.97. The molecular formula is C15H17NO4. The van der Waals surface area contributed by atoms with Crippen LogP contribution in [0.4, 0.5) is 0 Å². The van der Waals surface area contributed by atoms with Crippen LogP contribution in [-0.2, 0) is 6.54 Å². The number of quaternary nitrogens is 1. The Morgan fingerprint density at radius 3 is 2.75 bits per heavy atom. The number of carbonyl (C=O) groups is 1. The summed E-state index contributed by atoms with van der Waals surface area (Å²) in [5, 5.41) is 21.6. The standard InChI is InChI=1S/C15H17NO4/c17-10-5-7-16(8-6-10)9-12-11-3-1-2-4-13(11)20-14(12)15(18)19/h1-4,10,17H,5-9H2,(H,18,19). The fourth-order valence-electron chi connectivity index (χ4n) is 2.88. The molecule has 1 aromatic heterocycles. The van der Waals surface area contributed by atoms with Gasteiger partial charge in [-0.05, 0) is 6.07 Å². The van der Waals surface area contributed by atoms with E-state index in [2.05, 4.69) is 0 Å². The van der Waals surface area contributed by atoms with Gasteiger partial charge < -0.3 is 24.3 Å². The lowest BCUT2D eigenvalue weighted by molar-refractivity contribution is -0.919. The zero-order chi connectivity index (χ0) is 14.1. The first-order valence-electron chi connectivity index (χ1n) is 6.88. The molecule has 1 aromatic carbocycles. The summed E-state index contributed by atoms with van der Waals surface area (Å²) < 4.78 is 5.40. The summed E-state index contributed by atoms with van der Waals surface area (Å²) >= 11 is 0. The lowest BCUT2D eigenvalue weighted by atomic mass is 10.1.